The van der Waals surface area contributed by atoms with Crippen LogP contribution in [0.4, 0.5) is 10.5 Å². The van der Waals surface area contributed by atoms with Crippen LogP contribution in [0.3, 0.4) is 0 Å². The molecule has 0 unspecified atom stereocenters. The molecule has 0 aliphatic carbocycles. The van der Waals surface area contributed by atoms with E-state index in [0.29, 0.717) is 33.7 Å². The summed E-state index contributed by atoms with van der Waals surface area (Å²) in [7, 11) is 1.58. The second-order valence-electron chi connectivity index (χ2n) is 5.46. The topological polar surface area (TPSA) is 55.8 Å². The molecule has 3 rings (SSSR count). The molecule has 27 heavy (non-hydrogen) atoms. The Morgan fingerprint density at radius 3 is 2.56 bits per heavy atom. The number of amides is 2. The van der Waals surface area contributed by atoms with Crippen LogP contribution in [0.5, 0.6) is 11.5 Å². The summed E-state index contributed by atoms with van der Waals surface area (Å²) in [5, 5.41) is 0.194. The molecule has 0 spiro atoms. The van der Waals surface area contributed by atoms with Crippen molar-refractivity contribution in [1.29, 1.82) is 0 Å². The zero-order chi connectivity index (χ0) is 19.6. The number of rotatable bonds is 5. The first-order valence-electron chi connectivity index (χ1n) is 7.98. The Morgan fingerprint density at radius 1 is 1.22 bits per heavy atom. The SMILES string of the molecule is CCOc1cc(/C=C2\SC(=O)N(c3ccc(Cl)cc3)C2=O)cc(I)c1OC. The third kappa shape index (κ3) is 4.25. The second kappa shape index (κ2) is 8.53. The Hall–Kier alpha value is -1.71. The van der Waals surface area contributed by atoms with Gasteiger partial charge in [0.2, 0.25) is 0 Å². The fourth-order valence-electron chi connectivity index (χ4n) is 2.56. The third-order valence-corrected chi connectivity index (χ3v) is 5.63. The van der Waals surface area contributed by atoms with E-state index in [-0.39, 0.29) is 11.1 Å². The number of methoxy groups -OCH3 is 1. The first-order valence-corrected chi connectivity index (χ1v) is 10.3. The van der Waals surface area contributed by atoms with E-state index in [0.717, 1.165) is 25.8 Å². The van der Waals surface area contributed by atoms with Gasteiger partial charge in [-0.3, -0.25) is 9.59 Å². The molecule has 0 N–H and O–H groups in total. The van der Waals surface area contributed by atoms with E-state index in [9.17, 15) is 9.59 Å². The van der Waals surface area contributed by atoms with Gasteiger partial charge < -0.3 is 9.47 Å². The van der Waals surface area contributed by atoms with E-state index >= 15 is 0 Å². The highest BCUT2D eigenvalue weighted by Gasteiger charge is 2.36. The van der Waals surface area contributed by atoms with Crippen LogP contribution in [0.15, 0.2) is 41.3 Å². The summed E-state index contributed by atoms with van der Waals surface area (Å²) in [6.45, 7) is 2.37. The van der Waals surface area contributed by atoms with Crippen molar-refractivity contribution in [1.82, 2.24) is 0 Å². The van der Waals surface area contributed by atoms with Crippen LogP contribution in [0.25, 0.3) is 6.08 Å². The molecule has 0 bridgehead atoms. The summed E-state index contributed by atoms with van der Waals surface area (Å²) < 4.78 is 11.9. The van der Waals surface area contributed by atoms with Crippen molar-refractivity contribution in [2.75, 3.05) is 18.6 Å². The van der Waals surface area contributed by atoms with Gasteiger partial charge >= 0.3 is 0 Å². The minimum Gasteiger partial charge on any atom is -0.492 e. The minimum atomic E-state index is -0.365. The molecule has 0 radical (unpaired) electrons. The molecule has 2 aromatic carbocycles. The van der Waals surface area contributed by atoms with Crippen LogP contribution in [0, 0.1) is 3.57 Å². The summed E-state index contributed by atoms with van der Waals surface area (Å²) in [5.74, 6) is 0.870. The summed E-state index contributed by atoms with van der Waals surface area (Å²) in [4.78, 5) is 26.6. The average Bonchev–Trinajstić information content (AvgIpc) is 2.90. The number of hydrogen-bond acceptors (Lipinski definition) is 5. The molecule has 2 aromatic rings. The lowest BCUT2D eigenvalue weighted by Gasteiger charge is -2.13. The number of carbonyl (C=O) groups excluding carboxylic acids is 2. The Morgan fingerprint density at radius 2 is 1.93 bits per heavy atom. The third-order valence-electron chi connectivity index (χ3n) is 3.71. The van der Waals surface area contributed by atoms with Crippen LogP contribution >= 0.6 is 46.0 Å². The lowest BCUT2D eigenvalue weighted by Crippen LogP contribution is -2.27. The van der Waals surface area contributed by atoms with Gasteiger partial charge in [0, 0.05) is 5.02 Å². The first-order chi connectivity index (χ1) is 12.9. The maximum absolute atomic E-state index is 12.7. The number of nitrogens with zero attached hydrogens (tertiary/aromatic N) is 1. The van der Waals surface area contributed by atoms with E-state index < -0.39 is 0 Å². The van der Waals surface area contributed by atoms with E-state index in [1.165, 1.54) is 0 Å². The molecule has 140 valence electrons. The van der Waals surface area contributed by atoms with Gasteiger partial charge in [0.15, 0.2) is 11.5 Å². The van der Waals surface area contributed by atoms with Crippen LogP contribution in [-0.4, -0.2) is 24.9 Å². The highest BCUT2D eigenvalue weighted by atomic mass is 127. The van der Waals surface area contributed by atoms with Crippen LogP contribution in [0.1, 0.15) is 12.5 Å². The highest BCUT2D eigenvalue weighted by molar-refractivity contribution is 14.1. The standard InChI is InChI=1S/C19H15ClINO4S/c1-3-26-15-9-11(8-14(21)17(15)25-2)10-16-18(23)22(19(24)27-16)13-6-4-12(20)5-7-13/h4-10H,3H2,1-2H3/b16-10-. The molecule has 2 amide bonds. The van der Waals surface area contributed by atoms with Crippen molar-refractivity contribution in [2.24, 2.45) is 0 Å². The van der Waals surface area contributed by atoms with Crippen LogP contribution < -0.4 is 14.4 Å². The predicted molar refractivity (Wildman–Crippen MR) is 117 cm³/mol. The zero-order valence-electron chi connectivity index (χ0n) is 14.5. The van der Waals surface area contributed by atoms with E-state index in [2.05, 4.69) is 22.6 Å². The van der Waals surface area contributed by atoms with Crippen molar-refractivity contribution < 1.29 is 19.1 Å². The Bertz CT molecular complexity index is 930. The molecular formula is C19H15ClINO4S. The van der Waals surface area contributed by atoms with Crippen LogP contribution in [0.2, 0.25) is 5.02 Å². The summed E-state index contributed by atoms with van der Waals surface area (Å²) in [6.07, 6.45) is 1.69. The predicted octanol–water partition coefficient (Wildman–Crippen LogP) is 5.59. The molecular weight excluding hydrogens is 501 g/mol. The summed E-state index contributed by atoms with van der Waals surface area (Å²) >= 11 is 8.93. The lowest BCUT2D eigenvalue weighted by atomic mass is 10.1. The van der Waals surface area contributed by atoms with Gasteiger partial charge in [0.1, 0.15) is 0 Å². The van der Waals surface area contributed by atoms with Gasteiger partial charge in [-0.1, -0.05) is 11.6 Å². The molecule has 1 aliphatic rings. The summed E-state index contributed by atoms with van der Waals surface area (Å²) in [5.41, 5.74) is 1.25. The molecule has 1 saturated heterocycles. The van der Waals surface area contributed by atoms with Crippen molar-refractivity contribution in [3.05, 3.63) is 55.5 Å². The number of thioether (sulfide) groups is 1. The molecule has 0 atom stereocenters. The molecule has 0 aromatic heterocycles. The van der Waals surface area contributed by atoms with Gasteiger partial charge in [-0.25, -0.2) is 4.90 Å². The largest absolute Gasteiger partial charge is 0.492 e. The molecule has 1 aliphatic heterocycles. The first kappa shape index (κ1) is 20.0. The van der Waals surface area contributed by atoms with E-state index in [1.807, 2.05) is 13.0 Å². The van der Waals surface area contributed by atoms with Gasteiger partial charge in [-0.2, -0.15) is 0 Å². The fourth-order valence-corrected chi connectivity index (χ4v) is 4.38. The zero-order valence-corrected chi connectivity index (χ0v) is 18.2. The van der Waals surface area contributed by atoms with Crippen molar-refractivity contribution in [2.45, 2.75) is 6.92 Å². The molecule has 8 heteroatoms. The molecule has 1 fully saturated rings. The highest BCUT2D eigenvalue weighted by Crippen LogP contribution is 2.38. The molecule has 1 heterocycles. The van der Waals surface area contributed by atoms with Gasteiger partial charge in [0.25, 0.3) is 11.1 Å². The maximum atomic E-state index is 12.7. The average molecular weight is 516 g/mol. The van der Waals surface area contributed by atoms with E-state index in [1.54, 1.807) is 43.5 Å². The van der Waals surface area contributed by atoms with E-state index in [4.69, 9.17) is 21.1 Å². The number of carbonyl (C=O) groups is 2. The fraction of sp³-hybridized carbons (Fsp3) is 0.158. The van der Waals surface area contributed by atoms with Gasteiger partial charge in [-0.05, 0) is 89.3 Å². The van der Waals surface area contributed by atoms with Crippen molar-refractivity contribution >= 4 is 68.9 Å². The maximum Gasteiger partial charge on any atom is 0.298 e. The quantitative estimate of drug-likeness (QED) is 0.384. The Labute approximate surface area is 179 Å². The molecule has 5 nitrogen and oxygen atoms in total. The smallest absolute Gasteiger partial charge is 0.298 e. The van der Waals surface area contributed by atoms with Crippen molar-refractivity contribution in [3.63, 3.8) is 0 Å². The monoisotopic (exact) mass is 515 g/mol. The number of ether oxygens (including phenoxy) is 2. The number of imide groups is 1. The number of hydrogen-bond donors (Lipinski definition) is 0. The van der Waals surface area contributed by atoms with Gasteiger partial charge in [-0.15, -0.1) is 0 Å². The number of anilines is 1. The number of benzene rings is 2. The number of halogens is 2. The minimum absolute atomic E-state index is 0.346. The second-order valence-corrected chi connectivity index (χ2v) is 8.05. The molecule has 0 saturated carbocycles. The Balaban J connectivity index is 1.95. The summed E-state index contributed by atoms with van der Waals surface area (Å²) in [6, 6.07) is 10.2. The van der Waals surface area contributed by atoms with Gasteiger partial charge in [0.05, 0.1) is 27.9 Å². The van der Waals surface area contributed by atoms with Crippen LogP contribution in [-0.2, 0) is 4.79 Å². The van der Waals surface area contributed by atoms with Crippen molar-refractivity contribution in [3.8, 4) is 11.5 Å². The normalized spacial score (nSPS) is 15.6. The lowest BCUT2D eigenvalue weighted by molar-refractivity contribution is -0.113. The Kier molecular flexibility index (Phi) is 6.33.